The van der Waals surface area contributed by atoms with Gasteiger partial charge in [-0.3, -0.25) is 0 Å². The Labute approximate surface area is 107 Å². The summed E-state index contributed by atoms with van der Waals surface area (Å²) in [7, 11) is 0. The maximum atomic E-state index is 9.25. The molecule has 1 aromatic carbocycles. The quantitative estimate of drug-likeness (QED) is 0.895. The molecule has 1 fully saturated rings. The van der Waals surface area contributed by atoms with Gasteiger partial charge in [0.05, 0.1) is 11.1 Å². The number of nitrogens with two attached hydrogens (primary N) is 1. The van der Waals surface area contributed by atoms with Gasteiger partial charge in [-0.05, 0) is 30.4 Å². The molecule has 0 unspecified atom stereocenters. The maximum Gasteiger partial charge on any atom is 0.101 e. The second-order valence-corrected chi connectivity index (χ2v) is 5.12. The molecule has 0 bridgehead atoms. The van der Waals surface area contributed by atoms with E-state index in [4.69, 9.17) is 5.73 Å². The molecule has 3 heteroatoms. The van der Waals surface area contributed by atoms with Crippen LogP contribution in [0.15, 0.2) is 24.4 Å². The van der Waals surface area contributed by atoms with Crippen molar-refractivity contribution in [2.45, 2.75) is 32.4 Å². The first-order valence-corrected chi connectivity index (χ1v) is 6.54. The summed E-state index contributed by atoms with van der Waals surface area (Å²) < 4.78 is 2.24. The molecule has 3 nitrogen and oxygen atoms in total. The minimum absolute atomic E-state index is 0.531. The smallest absolute Gasteiger partial charge is 0.101 e. The zero-order chi connectivity index (χ0) is 12.5. The van der Waals surface area contributed by atoms with Crippen LogP contribution in [-0.4, -0.2) is 4.57 Å². The lowest BCUT2D eigenvalue weighted by atomic mass is 9.85. The van der Waals surface area contributed by atoms with E-state index in [9.17, 15) is 5.26 Å². The highest BCUT2D eigenvalue weighted by atomic mass is 15.0. The van der Waals surface area contributed by atoms with Gasteiger partial charge in [-0.15, -0.1) is 0 Å². The zero-order valence-electron chi connectivity index (χ0n) is 10.4. The molecule has 0 radical (unpaired) electrons. The van der Waals surface area contributed by atoms with Crippen LogP contribution in [0.4, 0.5) is 0 Å². The van der Waals surface area contributed by atoms with Crippen molar-refractivity contribution < 1.29 is 0 Å². The third-order valence-corrected chi connectivity index (χ3v) is 4.00. The lowest BCUT2D eigenvalue weighted by Gasteiger charge is -2.26. The molecular formula is C15H17N3. The highest BCUT2D eigenvalue weighted by Crippen LogP contribution is 2.31. The van der Waals surface area contributed by atoms with Gasteiger partial charge in [-0.1, -0.05) is 18.6 Å². The highest BCUT2D eigenvalue weighted by Gasteiger charge is 2.20. The van der Waals surface area contributed by atoms with E-state index < -0.39 is 0 Å². The fourth-order valence-corrected chi connectivity index (χ4v) is 2.78. The molecule has 0 amide bonds. The van der Waals surface area contributed by atoms with Crippen molar-refractivity contribution >= 4 is 10.9 Å². The van der Waals surface area contributed by atoms with Gasteiger partial charge >= 0.3 is 0 Å². The van der Waals surface area contributed by atoms with E-state index in [0.717, 1.165) is 34.5 Å². The van der Waals surface area contributed by atoms with E-state index in [1.54, 1.807) is 0 Å². The van der Waals surface area contributed by atoms with Crippen LogP contribution >= 0.6 is 0 Å². The molecule has 92 valence electrons. The van der Waals surface area contributed by atoms with Crippen LogP contribution in [0, 0.1) is 17.2 Å². The summed E-state index contributed by atoms with van der Waals surface area (Å²) >= 11 is 0. The van der Waals surface area contributed by atoms with Crippen LogP contribution in [0.3, 0.4) is 0 Å². The molecule has 0 saturated heterocycles. The Kier molecular flexibility index (Phi) is 2.81. The second-order valence-electron chi connectivity index (χ2n) is 5.12. The topological polar surface area (TPSA) is 54.7 Å². The SMILES string of the molecule is N#Cc1cccc2c(CN)cn(CC3CCC3)c12. The largest absolute Gasteiger partial charge is 0.346 e. The van der Waals surface area contributed by atoms with Crippen LogP contribution in [0.1, 0.15) is 30.4 Å². The fraction of sp³-hybridized carbons (Fsp3) is 0.400. The lowest BCUT2D eigenvalue weighted by Crippen LogP contribution is -2.17. The normalized spacial score (nSPS) is 15.6. The van der Waals surface area contributed by atoms with Gasteiger partial charge in [-0.25, -0.2) is 0 Å². The molecule has 1 aromatic heterocycles. The maximum absolute atomic E-state index is 9.25. The van der Waals surface area contributed by atoms with E-state index in [-0.39, 0.29) is 0 Å². The van der Waals surface area contributed by atoms with Crippen molar-refractivity contribution in [2.75, 3.05) is 0 Å². The summed E-state index contributed by atoms with van der Waals surface area (Å²) in [5.74, 6) is 0.776. The Morgan fingerprint density at radius 1 is 1.39 bits per heavy atom. The second kappa shape index (κ2) is 4.47. The molecule has 1 aliphatic carbocycles. The number of fused-ring (bicyclic) bond motifs is 1. The summed E-state index contributed by atoms with van der Waals surface area (Å²) in [5.41, 5.74) is 8.76. The number of benzene rings is 1. The molecule has 1 saturated carbocycles. The van der Waals surface area contributed by atoms with Gasteiger partial charge in [0.1, 0.15) is 6.07 Å². The minimum atomic E-state index is 0.531. The Hall–Kier alpha value is -1.79. The summed E-state index contributed by atoms with van der Waals surface area (Å²) in [4.78, 5) is 0. The van der Waals surface area contributed by atoms with E-state index in [1.165, 1.54) is 19.3 Å². The standard InChI is InChI=1S/C15H17N3/c16-7-12-5-2-6-14-13(8-17)10-18(15(12)14)9-11-3-1-4-11/h2,5-6,10-11H,1,3-4,8-9,17H2. The fourth-order valence-electron chi connectivity index (χ4n) is 2.78. The Morgan fingerprint density at radius 2 is 2.22 bits per heavy atom. The van der Waals surface area contributed by atoms with Crippen molar-refractivity contribution in [1.82, 2.24) is 4.57 Å². The van der Waals surface area contributed by atoms with Crippen LogP contribution in [0.2, 0.25) is 0 Å². The summed E-state index contributed by atoms with van der Waals surface area (Å²) in [6.45, 7) is 1.55. The highest BCUT2D eigenvalue weighted by molar-refractivity contribution is 5.88. The molecule has 18 heavy (non-hydrogen) atoms. The third-order valence-electron chi connectivity index (χ3n) is 4.00. The van der Waals surface area contributed by atoms with Gasteiger partial charge < -0.3 is 10.3 Å². The molecule has 1 heterocycles. The van der Waals surface area contributed by atoms with Crippen LogP contribution < -0.4 is 5.73 Å². The molecular weight excluding hydrogens is 222 g/mol. The Balaban J connectivity index is 2.14. The number of para-hydroxylation sites is 1. The first-order valence-electron chi connectivity index (χ1n) is 6.54. The van der Waals surface area contributed by atoms with Crippen molar-refractivity contribution in [2.24, 2.45) is 11.7 Å². The van der Waals surface area contributed by atoms with Gasteiger partial charge in [0, 0.05) is 24.7 Å². The predicted molar refractivity (Wildman–Crippen MR) is 71.9 cm³/mol. The van der Waals surface area contributed by atoms with Gasteiger partial charge in [0.25, 0.3) is 0 Å². The van der Waals surface area contributed by atoms with Crippen molar-refractivity contribution in [3.8, 4) is 6.07 Å². The first-order chi connectivity index (χ1) is 8.83. The number of nitriles is 1. The number of hydrogen-bond acceptors (Lipinski definition) is 2. The van der Waals surface area contributed by atoms with Gasteiger partial charge in [0.2, 0.25) is 0 Å². The number of nitrogens with zero attached hydrogens (tertiary/aromatic N) is 2. The Bertz CT molecular complexity index is 614. The molecule has 1 aliphatic rings. The van der Waals surface area contributed by atoms with E-state index in [0.29, 0.717) is 6.54 Å². The monoisotopic (exact) mass is 239 g/mol. The summed E-state index contributed by atoms with van der Waals surface area (Å²) in [5, 5.41) is 10.4. The lowest BCUT2D eigenvalue weighted by molar-refractivity contribution is 0.279. The molecule has 3 rings (SSSR count). The minimum Gasteiger partial charge on any atom is -0.346 e. The number of aromatic nitrogens is 1. The van der Waals surface area contributed by atoms with Gasteiger partial charge in [0.15, 0.2) is 0 Å². The van der Waals surface area contributed by atoms with Crippen LogP contribution in [0.25, 0.3) is 10.9 Å². The average molecular weight is 239 g/mol. The zero-order valence-corrected chi connectivity index (χ0v) is 10.4. The molecule has 0 atom stereocenters. The first kappa shape index (κ1) is 11.3. The average Bonchev–Trinajstić information content (AvgIpc) is 2.72. The molecule has 2 aromatic rings. The van der Waals surface area contributed by atoms with Crippen LogP contribution in [0.5, 0.6) is 0 Å². The molecule has 2 N–H and O–H groups in total. The predicted octanol–water partition coefficient (Wildman–Crippen LogP) is 2.77. The van der Waals surface area contributed by atoms with Crippen molar-refractivity contribution in [3.05, 3.63) is 35.5 Å². The van der Waals surface area contributed by atoms with Crippen LogP contribution in [-0.2, 0) is 13.1 Å². The number of hydrogen-bond donors (Lipinski definition) is 1. The van der Waals surface area contributed by atoms with Crippen molar-refractivity contribution in [1.29, 1.82) is 5.26 Å². The molecule has 0 spiro atoms. The molecule has 0 aliphatic heterocycles. The Morgan fingerprint density at radius 3 is 2.83 bits per heavy atom. The summed E-state index contributed by atoms with van der Waals surface area (Å²) in [6.07, 6.45) is 6.10. The van der Waals surface area contributed by atoms with E-state index in [1.807, 2.05) is 12.1 Å². The van der Waals surface area contributed by atoms with Crippen molar-refractivity contribution in [3.63, 3.8) is 0 Å². The summed E-state index contributed by atoms with van der Waals surface area (Å²) in [6, 6.07) is 8.19. The third kappa shape index (κ3) is 1.70. The van der Waals surface area contributed by atoms with E-state index >= 15 is 0 Å². The van der Waals surface area contributed by atoms with Gasteiger partial charge in [-0.2, -0.15) is 5.26 Å². The number of rotatable bonds is 3. The van der Waals surface area contributed by atoms with E-state index in [2.05, 4.69) is 22.9 Å².